The van der Waals surface area contributed by atoms with Crippen LogP contribution in [0.3, 0.4) is 0 Å². The van der Waals surface area contributed by atoms with Gasteiger partial charge in [0.05, 0.1) is 5.56 Å². The van der Waals surface area contributed by atoms with Crippen LogP contribution in [0.15, 0.2) is 77.3 Å². The number of amides is 2. The molecule has 0 saturated heterocycles. The second-order valence-electron chi connectivity index (χ2n) is 7.38. The van der Waals surface area contributed by atoms with Crippen molar-refractivity contribution in [3.8, 4) is 28.6 Å². The number of benzene rings is 3. The highest BCUT2D eigenvalue weighted by Crippen LogP contribution is 2.30. The third-order valence-electron chi connectivity index (χ3n) is 4.70. The normalized spacial score (nSPS) is 10.5. The quantitative estimate of drug-likeness (QED) is 0.430. The van der Waals surface area contributed by atoms with Gasteiger partial charge in [0.2, 0.25) is 11.7 Å². The van der Waals surface area contributed by atoms with E-state index in [0.717, 1.165) is 11.1 Å². The van der Waals surface area contributed by atoms with Gasteiger partial charge in [-0.1, -0.05) is 47.1 Å². The van der Waals surface area contributed by atoms with Gasteiger partial charge in [-0.05, 0) is 43.3 Å². The van der Waals surface area contributed by atoms with Crippen molar-refractivity contribution in [2.24, 2.45) is 0 Å². The molecular weight excluding hydrogens is 420 g/mol. The molecule has 0 aliphatic rings. The Hall–Kier alpha value is -4.46. The Kier molecular flexibility index (Phi) is 6.45. The molecule has 2 amide bonds. The summed E-state index contributed by atoms with van der Waals surface area (Å²) in [5.74, 6) is 0.734. The molecular formula is C25H22N4O4. The molecule has 0 fully saturated rings. The van der Waals surface area contributed by atoms with Crippen LogP contribution < -0.4 is 15.4 Å². The largest absolute Gasteiger partial charge is 0.483 e. The number of rotatable bonds is 7. The Morgan fingerprint density at radius 1 is 0.909 bits per heavy atom. The van der Waals surface area contributed by atoms with Crippen molar-refractivity contribution in [1.29, 1.82) is 0 Å². The minimum atomic E-state index is -0.331. The summed E-state index contributed by atoms with van der Waals surface area (Å²) in [6.07, 6.45) is 0. The number of aryl methyl sites for hydroxylation is 1. The lowest BCUT2D eigenvalue weighted by atomic mass is 10.1. The summed E-state index contributed by atoms with van der Waals surface area (Å²) in [7, 11) is 0. The van der Waals surface area contributed by atoms with Crippen molar-refractivity contribution in [2.45, 2.75) is 13.8 Å². The van der Waals surface area contributed by atoms with Gasteiger partial charge in [-0.2, -0.15) is 4.98 Å². The van der Waals surface area contributed by atoms with Gasteiger partial charge in [0.15, 0.2) is 6.61 Å². The number of hydrogen-bond donors (Lipinski definition) is 2. The number of carbonyl (C=O) groups is 2. The molecule has 0 unspecified atom stereocenters. The topological polar surface area (TPSA) is 106 Å². The first kappa shape index (κ1) is 21.8. The van der Waals surface area contributed by atoms with Crippen molar-refractivity contribution < 1.29 is 18.8 Å². The average molecular weight is 442 g/mol. The molecule has 0 radical (unpaired) electrons. The third-order valence-corrected chi connectivity index (χ3v) is 4.70. The zero-order valence-corrected chi connectivity index (χ0v) is 18.2. The van der Waals surface area contributed by atoms with Gasteiger partial charge in [0, 0.05) is 23.9 Å². The van der Waals surface area contributed by atoms with Crippen molar-refractivity contribution in [3.05, 3.63) is 78.4 Å². The molecule has 8 heteroatoms. The molecule has 0 saturated carbocycles. The van der Waals surface area contributed by atoms with Gasteiger partial charge < -0.3 is 19.9 Å². The molecule has 0 bridgehead atoms. The highest BCUT2D eigenvalue weighted by Gasteiger charge is 2.16. The summed E-state index contributed by atoms with van der Waals surface area (Å²) < 4.78 is 11.2. The first-order valence-corrected chi connectivity index (χ1v) is 10.3. The highest BCUT2D eigenvalue weighted by atomic mass is 16.5. The molecule has 1 heterocycles. The summed E-state index contributed by atoms with van der Waals surface area (Å²) in [6, 6.07) is 21.8. The highest BCUT2D eigenvalue weighted by molar-refractivity contribution is 5.93. The van der Waals surface area contributed by atoms with Gasteiger partial charge in [0.25, 0.3) is 11.8 Å². The van der Waals surface area contributed by atoms with E-state index < -0.39 is 0 Å². The van der Waals surface area contributed by atoms with Crippen LogP contribution in [-0.2, 0) is 9.59 Å². The van der Waals surface area contributed by atoms with E-state index in [1.54, 1.807) is 42.5 Å². The lowest BCUT2D eigenvalue weighted by molar-refractivity contribution is -0.118. The number of hydrogen-bond acceptors (Lipinski definition) is 6. The zero-order chi connectivity index (χ0) is 23.2. The zero-order valence-electron chi connectivity index (χ0n) is 18.2. The fourth-order valence-corrected chi connectivity index (χ4v) is 3.10. The van der Waals surface area contributed by atoms with Crippen LogP contribution >= 0.6 is 0 Å². The molecule has 1 aromatic heterocycles. The van der Waals surface area contributed by atoms with E-state index >= 15 is 0 Å². The van der Waals surface area contributed by atoms with Crippen molar-refractivity contribution in [2.75, 3.05) is 17.2 Å². The predicted octanol–water partition coefficient (Wildman–Crippen LogP) is 4.69. The molecule has 4 aromatic rings. The van der Waals surface area contributed by atoms with Gasteiger partial charge in [-0.3, -0.25) is 9.59 Å². The van der Waals surface area contributed by atoms with Crippen LogP contribution in [0, 0.1) is 6.92 Å². The number of nitrogens with zero attached hydrogens (tertiary/aromatic N) is 2. The molecule has 3 aromatic carbocycles. The number of ether oxygens (including phenoxy) is 1. The third kappa shape index (κ3) is 5.62. The Labute approximate surface area is 190 Å². The molecule has 0 spiro atoms. The number of anilines is 2. The minimum absolute atomic E-state index is 0.161. The second kappa shape index (κ2) is 9.78. The summed E-state index contributed by atoms with van der Waals surface area (Å²) >= 11 is 0. The molecule has 33 heavy (non-hydrogen) atoms. The summed E-state index contributed by atoms with van der Waals surface area (Å²) in [4.78, 5) is 27.9. The van der Waals surface area contributed by atoms with E-state index in [9.17, 15) is 9.59 Å². The molecule has 0 aliphatic heterocycles. The lowest BCUT2D eigenvalue weighted by Crippen LogP contribution is -2.20. The SMILES string of the molecule is CC(=O)Nc1ccc(NC(=O)COc2ccccc2-c2nc(-c3ccc(C)cc3)no2)cc1. The fourth-order valence-electron chi connectivity index (χ4n) is 3.10. The predicted molar refractivity (Wildman–Crippen MR) is 125 cm³/mol. The summed E-state index contributed by atoms with van der Waals surface area (Å²) in [5, 5.41) is 9.49. The van der Waals surface area contributed by atoms with E-state index in [0.29, 0.717) is 34.4 Å². The molecule has 8 nitrogen and oxygen atoms in total. The Morgan fingerprint density at radius 2 is 1.58 bits per heavy atom. The Bertz CT molecular complexity index is 1260. The number of nitrogens with one attached hydrogen (secondary N) is 2. The second-order valence-corrected chi connectivity index (χ2v) is 7.38. The van der Waals surface area contributed by atoms with Crippen molar-refractivity contribution in [3.63, 3.8) is 0 Å². The van der Waals surface area contributed by atoms with E-state index in [1.807, 2.05) is 37.3 Å². The lowest BCUT2D eigenvalue weighted by Gasteiger charge is -2.10. The number of aromatic nitrogens is 2. The molecule has 0 aliphatic carbocycles. The van der Waals surface area contributed by atoms with E-state index in [4.69, 9.17) is 9.26 Å². The van der Waals surface area contributed by atoms with Crippen LogP contribution in [0.4, 0.5) is 11.4 Å². The maximum atomic E-state index is 12.4. The fraction of sp³-hybridized carbons (Fsp3) is 0.120. The van der Waals surface area contributed by atoms with Crippen LogP contribution in [0.25, 0.3) is 22.8 Å². The summed E-state index contributed by atoms with van der Waals surface area (Å²) in [5.41, 5.74) is 3.82. The molecule has 166 valence electrons. The van der Waals surface area contributed by atoms with Gasteiger partial charge in [0.1, 0.15) is 5.75 Å². The van der Waals surface area contributed by atoms with E-state index in [2.05, 4.69) is 20.8 Å². The Morgan fingerprint density at radius 3 is 2.27 bits per heavy atom. The van der Waals surface area contributed by atoms with Gasteiger partial charge in [-0.25, -0.2) is 0 Å². The van der Waals surface area contributed by atoms with E-state index in [1.165, 1.54) is 6.92 Å². The Balaban J connectivity index is 1.41. The van der Waals surface area contributed by atoms with E-state index in [-0.39, 0.29) is 18.4 Å². The number of para-hydroxylation sites is 1. The van der Waals surface area contributed by atoms with Gasteiger partial charge >= 0.3 is 0 Å². The van der Waals surface area contributed by atoms with Crippen LogP contribution in [-0.4, -0.2) is 28.6 Å². The first-order valence-electron chi connectivity index (χ1n) is 10.3. The monoisotopic (exact) mass is 442 g/mol. The van der Waals surface area contributed by atoms with Crippen molar-refractivity contribution >= 4 is 23.2 Å². The summed E-state index contributed by atoms with van der Waals surface area (Å²) in [6.45, 7) is 3.24. The minimum Gasteiger partial charge on any atom is -0.483 e. The maximum Gasteiger partial charge on any atom is 0.262 e. The molecule has 2 N–H and O–H groups in total. The first-order chi connectivity index (χ1) is 16.0. The van der Waals surface area contributed by atoms with Crippen molar-refractivity contribution in [1.82, 2.24) is 10.1 Å². The van der Waals surface area contributed by atoms with Crippen LogP contribution in [0.5, 0.6) is 5.75 Å². The maximum absolute atomic E-state index is 12.4. The van der Waals surface area contributed by atoms with Crippen LogP contribution in [0.1, 0.15) is 12.5 Å². The standard InChI is InChI=1S/C25H22N4O4/c1-16-7-9-18(10-8-16)24-28-25(33-29-24)21-5-3-4-6-22(21)32-15-23(31)27-20-13-11-19(12-14-20)26-17(2)30/h3-14H,15H2,1-2H3,(H,26,30)(H,27,31). The molecule has 4 rings (SSSR count). The van der Waals surface area contributed by atoms with Gasteiger partial charge in [-0.15, -0.1) is 0 Å². The smallest absolute Gasteiger partial charge is 0.262 e. The molecule has 0 atom stereocenters. The number of carbonyl (C=O) groups excluding carboxylic acids is 2. The van der Waals surface area contributed by atoms with Crippen LogP contribution in [0.2, 0.25) is 0 Å². The average Bonchev–Trinajstić information content (AvgIpc) is 3.29.